The van der Waals surface area contributed by atoms with Crippen LogP contribution in [-0.2, 0) is 13.8 Å². The standard InChI is InChI=1S/C10H8BBr2NO3/c1-17-8(15)5-2-4(12)3-6-7(5)10(11,13)9(16)14-6/h2-3H,11H2,1H3,(H,14,16). The summed E-state index contributed by atoms with van der Waals surface area (Å²) in [6.45, 7) is 0. The Hall–Kier alpha value is -0.815. The molecule has 0 aliphatic carbocycles. The van der Waals surface area contributed by atoms with E-state index in [1.165, 1.54) is 7.11 Å². The number of carbonyl (C=O) groups is 2. The molecule has 1 N–H and O–H groups in total. The first-order chi connectivity index (χ1) is 7.87. The number of fused-ring (bicyclic) bond motifs is 1. The van der Waals surface area contributed by atoms with E-state index < -0.39 is 10.2 Å². The lowest BCUT2D eigenvalue weighted by Crippen LogP contribution is -2.29. The van der Waals surface area contributed by atoms with Crippen molar-refractivity contribution in [3.05, 3.63) is 27.7 Å². The van der Waals surface area contributed by atoms with Crippen LogP contribution in [-0.4, -0.2) is 26.8 Å². The van der Waals surface area contributed by atoms with E-state index in [1.54, 1.807) is 20.0 Å². The average molecular weight is 361 g/mol. The molecule has 7 heteroatoms. The second kappa shape index (κ2) is 4.13. The molecule has 88 valence electrons. The minimum atomic E-state index is -0.910. The smallest absolute Gasteiger partial charge is 0.338 e. The summed E-state index contributed by atoms with van der Waals surface area (Å²) < 4.78 is 4.53. The van der Waals surface area contributed by atoms with E-state index >= 15 is 0 Å². The van der Waals surface area contributed by atoms with Gasteiger partial charge in [0, 0.05) is 15.7 Å². The number of ether oxygens (including phenoxy) is 1. The van der Waals surface area contributed by atoms with Gasteiger partial charge in [-0.1, -0.05) is 31.9 Å². The Labute approximate surface area is 116 Å². The Morgan fingerprint density at radius 1 is 1.53 bits per heavy atom. The van der Waals surface area contributed by atoms with Crippen molar-refractivity contribution >= 4 is 57.3 Å². The molecular formula is C10H8BBr2NO3. The third kappa shape index (κ3) is 1.91. The predicted molar refractivity (Wildman–Crippen MR) is 73.3 cm³/mol. The number of anilines is 1. The zero-order valence-corrected chi connectivity index (χ0v) is 12.3. The highest BCUT2D eigenvalue weighted by molar-refractivity contribution is 9.10. The lowest BCUT2D eigenvalue weighted by atomic mass is 9.79. The molecule has 1 heterocycles. The van der Waals surface area contributed by atoms with Crippen LogP contribution in [0.2, 0.25) is 0 Å². The molecular weight excluding hydrogens is 353 g/mol. The highest BCUT2D eigenvalue weighted by Crippen LogP contribution is 2.43. The van der Waals surface area contributed by atoms with Gasteiger partial charge in [-0.25, -0.2) is 4.79 Å². The molecule has 0 spiro atoms. The Morgan fingerprint density at radius 3 is 2.76 bits per heavy atom. The maximum absolute atomic E-state index is 11.8. The van der Waals surface area contributed by atoms with Crippen molar-refractivity contribution in [1.82, 2.24) is 0 Å². The van der Waals surface area contributed by atoms with Gasteiger partial charge in [-0.2, -0.15) is 0 Å². The van der Waals surface area contributed by atoms with Crippen LogP contribution in [0.4, 0.5) is 5.69 Å². The molecule has 2 rings (SSSR count). The third-order valence-electron chi connectivity index (χ3n) is 2.65. The molecule has 4 nitrogen and oxygen atoms in total. The van der Waals surface area contributed by atoms with Crippen molar-refractivity contribution in [2.24, 2.45) is 0 Å². The van der Waals surface area contributed by atoms with E-state index in [2.05, 4.69) is 37.2 Å². The van der Waals surface area contributed by atoms with E-state index in [0.717, 1.165) is 0 Å². The first kappa shape index (κ1) is 12.6. The van der Waals surface area contributed by atoms with Crippen LogP contribution in [0.25, 0.3) is 0 Å². The summed E-state index contributed by atoms with van der Waals surface area (Å²) >= 11 is 6.64. The van der Waals surface area contributed by atoms with Gasteiger partial charge in [-0.3, -0.25) is 4.79 Å². The molecule has 1 aliphatic rings. The van der Waals surface area contributed by atoms with Crippen molar-refractivity contribution in [3.63, 3.8) is 0 Å². The molecule has 1 aromatic rings. The molecule has 17 heavy (non-hydrogen) atoms. The van der Waals surface area contributed by atoms with Crippen LogP contribution in [0.1, 0.15) is 15.9 Å². The van der Waals surface area contributed by atoms with Crippen molar-refractivity contribution in [3.8, 4) is 0 Å². The van der Waals surface area contributed by atoms with Gasteiger partial charge in [0.1, 0.15) is 7.85 Å². The number of alkyl halides is 1. The number of hydrogen-bond acceptors (Lipinski definition) is 3. The number of methoxy groups -OCH3 is 1. The Bertz CT molecular complexity index is 531. The van der Waals surface area contributed by atoms with Crippen LogP contribution in [0.3, 0.4) is 0 Å². The first-order valence-electron chi connectivity index (χ1n) is 4.80. The van der Waals surface area contributed by atoms with Gasteiger partial charge in [0.25, 0.3) is 0 Å². The van der Waals surface area contributed by atoms with Gasteiger partial charge in [0.05, 0.1) is 16.9 Å². The second-order valence-corrected chi connectivity index (χ2v) is 6.33. The van der Waals surface area contributed by atoms with Crippen LogP contribution < -0.4 is 5.32 Å². The lowest BCUT2D eigenvalue weighted by molar-refractivity contribution is -0.116. The van der Waals surface area contributed by atoms with E-state index in [-0.39, 0.29) is 5.91 Å². The van der Waals surface area contributed by atoms with Gasteiger partial charge in [0.2, 0.25) is 5.91 Å². The fraction of sp³-hybridized carbons (Fsp3) is 0.200. The van der Waals surface area contributed by atoms with Gasteiger partial charge in [-0.15, -0.1) is 0 Å². The monoisotopic (exact) mass is 359 g/mol. The van der Waals surface area contributed by atoms with Gasteiger partial charge >= 0.3 is 5.97 Å². The van der Waals surface area contributed by atoms with E-state index in [4.69, 9.17) is 4.74 Å². The fourth-order valence-corrected chi connectivity index (χ4v) is 2.82. The average Bonchev–Trinajstić information content (AvgIpc) is 2.47. The largest absolute Gasteiger partial charge is 0.465 e. The maximum atomic E-state index is 11.8. The Morgan fingerprint density at radius 2 is 2.18 bits per heavy atom. The SMILES string of the molecule is BC1(Br)C(=O)Nc2cc(Br)cc(C(=O)OC)c21. The summed E-state index contributed by atoms with van der Waals surface area (Å²) in [5.74, 6) is -0.666. The number of rotatable bonds is 1. The third-order valence-corrected chi connectivity index (χ3v) is 3.87. The molecule has 0 fully saturated rings. The van der Waals surface area contributed by atoms with Crippen molar-refractivity contribution in [1.29, 1.82) is 0 Å². The van der Waals surface area contributed by atoms with Crippen LogP contribution in [0, 0.1) is 0 Å². The van der Waals surface area contributed by atoms with Gasteiger partial charge in [-0.05, 0) is 12.1 Å². The maximum Gasteiger partial charge on any atom is 0.338 e. The molecule has 0 saturated heterocycles. The quantitative estimate of drug-likeness (QED) is 0.467. The highest BCUT2D eigenvalue weighted by atomic mass is 79.9. The minimum absolute atomic E-state index is 0.198. The van der Waals surface area contributed by atoms with Crippen LogP contribution >= 0.6 is 31.9 Å². The lowest BCUT2D eigenvalue weighted by Gasteiger charge is -2.16. The number of amides is 1. The summed E-state index contributed by atoms with van der Waals surface area (Å²) in [5, 5.41) is 2.72. The van der Waals surface area contributed by atoms with E-state index in [0.29, 0.717) is 21.3 Å². The Kier molecular flexibility index (Phi) is 3.07. The molecule has 1 amide bonds. The molecule has 0 saturated carbocycles. The van der Waals surface area contributed by atoms with E-state index in [1.807, 2.05) is 0 Å². The number of carbonyl (C=O) groups excluding carboxylic acids is 2. The summed E-state index contributed by atoms with van der Waals surface area (Å²) in [4.78, 5) is 23.5. The summed E-state index contributed by atoms with van der Waals surface area (Å²) in [5.41, 5.74) is 1.59. The number of nitrogens with one attached hydrogen (secondary N) is 1. The second-order valence-electron chi connectivity index (χ2n) is 3.82. The normalized spacial score (nSPS) is 21.9. The van der Waals surface area contributed by atoms with E-state index in [9.17, 15) is 9.59 Å². The topological polar surface area (TPSA) is 55.4 Å². The molecule has 1 atom stereocenters. The van der Waals surface area contributed by atoms with Crippen molar-refractivity contribution in [2.75, 3.05) is 12.4 Å². The molecule has 0 bridgehead atoms. The molecule has 1 aliphatic heterocycles. The first-order valence-corrected chi connectivity index (χ1v) is 6.39. The molecule has 0 radical (unpaired) electrons. The highest BCUT2D eigenvalue weighted by Gasteiger charge is 2.43. The van der Waals surface area contributed by atoms with Crippen LogP contribution in [0.5, 0.6) is 0 Å². The Balaban J connectivity index is 2.72. The predicted octanol–water partition coefficient (Wildman–Crippen LogP) is 1.37. The zero-order chi connectivity index (χ0) is 12.8. The number of esters is 1. The molecule has 1 unspecified atom stereocenters. The number of benzene rings is 1. The van der Waals surface area contributed by atoms with Crippen molar-refractivity contribution in [2.45, 2.75) is 4.22 Å². The molecule has 0 aromatic heterocycles. The van der Waals surface area contributed by atoms with Crippen molar-refractivity contribution < 1.29 is 14.3 Å². The number of hydrogen-bond donors (Lipinski definition) is 1. The fourth-order valence-electron chi connectivity index (χ4n) is 1.84. The van der Waals surface area contributed by atoms with Crippen LogP contribution in [0.15, 0.2) is 16.6 Å². The van der Waals surface area contributed by atoms with Gasteiger partial charge in [0.15, 0.2) is 0 Å². The van der Waals surface area contributed by atoms with Gasteiger partial charge < -0.3 is 10.1 Å². The minimum Gasteiger partial charge on any atom is -0.465 e. The summed E-state index contributed by atoms with van der Waals surface area (Å²) in [7, 11) is 3.01. The summed E-state index contributed by atoms with van der Waals surface area (Å²) in [6, 6.07) is 3.40. The summed E-state index contributed by atoms with van der Waals surface area (Å²) in [6.07, 6.45) is 0. The number of halogens is 2. The molecule has 1 aromatic carbocycles. The zero-order valence-electron chi connectivity index (χ0n) is 9.14.